The first kappa shape index (κ1) is 13.0. The highest BCUT2D eigenvalue weighted by Crippen LogP contribution is 2.21. The predicted molar refractivity (Wildman–Crippen MR) is 65.9 cm³/mol. The fraction of sp³-hybridized carbons (Fsp3) is 0.538. The number of benzene rings is 1. The summed E-state index contributed by atoms with van der Waals surface area (Å²) in [5.74, 6) is 0.907. The van der Waals surface area contributed by atoms with E-state index in [0.29, 0.717) is 6.04 Å². The summed E-state index contributed by atoms with van der Waals surface area (Å²) >= 11 is 0. The van der Waals surface area contributed by atoms with Crippen molar-refractivity contribution in [1.82, 2.24) is 5.32 Å². The SMILES string of the molecule is CCC(NCCOC)c1cccc(OC)c1. The standard InChI is InChI=1S/C13H21NO2/c1-4-13(14-8-9-15-2)11-6-5-7-12(10-11)16-3/h5-7,10,13-14H,4,8-9H2,1-3H3. The maximum absolute atomic E-state index is 5.22. The molecule has 1 atom stereocenters. The first-order valence-electron chi connectivity index (χ1n) is 5.68. The highest BCUT2D eigenvalue weighted by Gasteiger charge is 2.08. The Balaban J connectivity index is 2.62. The number of nitrogens with one attached hydrogen (secondary N) is 1. The van der Waals surface area contributed by atoms with Crippen LogP contribution >= 0.6 is 0 Å². The monoisotopic (exact) mass is 223 g/mol. The molecule has 0 fully saturated rings. The van der Waals surface area contributed by atoms with E-state index in [1.165, 1.54) is 5.56 Å². The van der Waals surface area contributed by atoms with Crippen LogP contribution in [0.15, 0.2) is 24.3 Å². The van der Waals surface area contributed by atoms with Crippen LogP contribution in [0.1, 0.15) is 24.9 Å². The van der Waals surface area contributed by atoms with Crippen LogP contribution in [0.3, 0.4) is 0 Å². The number of methoxy groups -OCH3 is 2. The number of hydrogen-bond acceptors (Lipinski definition) is 3. The van der Waals surface area contributed by atoms with Crippen LogP contribution in [0.2, 0.25) is 0 Å². The normalized spacial score (nSPS) is 12.4. The van der Waals surface area contributed by atoms with E-state index in [2.05, 4.69) is 24.4 Å². The van der Waals surface area contributed by atoms with Crippen molar-refractivity contribution in [2.45, 2.75) is 19.4 Å². The molecule has 0 saturated carbocycles. The highest BCUT2D eigenvalue weighted by atomic mass is 16.5. The summed E-state index contributed by atoms with van der Waals surface area (Å²) in [6.45, 7) is 3.77. The van der Waals surface area contributed by atoms with E-state index in [1.807, 2.05) is 12.1 Å². The summed E-state index contributed by atoms with van der Waals surface area (Å²) in [4.78, 5) is 0. The molecule has 1 aromatic rings. The Bertz CT molecular complexity index is 302. The van der Waals surface area contributed by atoms with Crippen molar-refractivity contribution in [3.8, 4) is 5.75 Å². The lowest BCUT2D eigenvalue weighted by Gasteiger charge is -2.17. The smallest absolute Gasteiger partial charge is 0.119 e. The average Bonchev–Trinajstić information content (AvgIpc) is 2.35. The molecule has 1 aromatic carbocycles. The molecule has 0 radical (unpaired) electrons. The summed E-state index contributed by atoms with van der Waals surface area (Å²) in [5, 5.41) is 3.46. The quantitative estimate of drug-likeness (QED) is 0.720. The van der Waals surface area contributed by atoms with Crippen molar-refractivity contribution in [2.75, 3.05) is 27.4 Å². The lowest BCUT2D eigenvalue weighted by atomic mass is 10.0. The molecule has 0 bridgehead atoms. The van der Waals surface area contributed by atoms with Gasteiger partial charge >= 0.3 is 0 Å². The van der Waals surface area contributed by atoms with E-state index in [-0.39, 0.29) is 0 Å². The second-order valence-corrected chi connectivity index (χ2v) is 3.68. The van der Waals surface area contributed by atoms with Crippen LogP contribution in [0.5, 0.6) is 5.75 Å². The third-order valence-electron chi connectivity index (χ3n) is 2.60. The molecule has 90 valence electrons. The molecule has 0 aliphatic carbocycles. The second-order valence-electron chi connectivity index (χ2n) is 3.68. The molecule has 0 heterocycles. The Morgan fingerprint density at radius 3 is 2.75 bits per heavy atom. The van der Waals surface area contributed by atoms with Gasteiger partial charge in [-0.15, -0.1) is 0 Å². The van der Waals surface area contributed by atoms with Crippen LogP contribution in [0.4, 0.5) is 0 Å². The van der Waals surface area contributed by atoms with Crippen molar-refractivity contribution in [2.24, 2.45) is 0 Å². The van der Waals surface area contributed by atoms with Gasteiger partial charge in [0.05, 0.1) is 13.7 Å². The van der Waals surface area contributed by atoms with Gasteiger partial charge in [0.25, 0.3) is 0 Å². The third kappa shape index (κ3) is 3.83. The molecule has 3 nitrogen and oxygen atoms in total. The van der Waals surface area contributed by atoms with Crippen molar-refractivity contribution in [3.05, 3.63) is 29.8 Å². The van der Waals surface area contributed by atoms with Crippen LogP contribution in [-0.2, 0) is 4.74 Å². The van der Waals surface area contributed by atoms with Crippen LogP contribution in [-0.4, -0.2) is 27.4 Å². The molecular formula is C13H21NO2. The van der Waals surface area contributed by atoms with E-state index in [1.54, 1.807) is 14.2 Å². The van der Waals surface area contributed by atoms with Crippen molar-refractivity contribution >= 4 is 0 Å². The minimum atomic E-state index is 0.366. The Morgan fingerprint density at radius 1 is 1.31 bits per heavy atom. The van der Waals surface area contributed by atoms with Gasteiger partial charge in [-0.05, 0) is 24.1 Å². The summed E-state index contributed by atoms with van der Waals surface area (Å²) in [6.07, 6.45) is 1.05. The summed E-state index contributed by atoms with van der Waals surface area (Å²) in [6, 6.07) is 8.55. The largest absolute Gasteiger partial charge is 0.497 e. The minimum absolute atomic E-state index is 0.366. The molecule has 0 aliphatic heterocycles. The van der Waals surface area contributed by atoms with E-state index >= 15 is 0 Å². The first-order valence-corrected chi connectivity index (χ1v) is 5.68. The van der Waals surface area contributed by atoms with E-state index < -0.39 is 0 Å². The number of hydrogen-bond donors (Lipinski definition) is 1. The van der Waals surface area contributed by atoms with Gasteiger partial charge in [0, 0.05) is 19.7 Å². The molecular weight excluding hydrogens is 202 g/mol. The molecule has 0 aromatic heterocycles. The van der Waals surface area contributed by atoms with Gasteiger partial charge in [0.15, 0.2) is 0 Å². The van der Waals surface area contributed by atoms with E-state index in [4.69, 9.17) is 9.47 Å². The van der Waals surface area contributed by atoms with Crippen molar-refractivity contribution < 1.29 is 9.47 Å². The van der Waals surface area contributed by atoms with E-state index in [0.717, 1.165) is 25.3 Å². The van der Waals surface area contributed by atoms with Crippen molar-refractivity contribution in [3.63, 3.8) is 0 Å². The molecule has 1 rings (SSSR count). The molecule has 0 saturated heterocycles. The average molecular weight is 223 g/mol. The molecule has 1 unspecified atom stereocenters. The van der Waals surface area contributed by atoms with Gasteiger partial charge in [-0.2, -0.15) is 0 Å². The zero-order valence-corrected chi connectivity index (χ0v) is 10.3. The second kappa shape index (κ2) is 7.25. The summed E-state index contributed by atoms with van der Waals surface area (Å²) in [5.41, 5.74) is 1.26. The fourth-order valence-electron chi connectivity index (χ4n) is 1.69. The molecule has 0 amide bonds. The van der Waals surface area contributed by atoms with Gasteiger partial charge in [0.1, 0.15) is 5.75 Å². The Kier molecular flexibility index (Phi) is 5.90. The zero-order chi connectivity index (χ0) is 11.8. The lowest BCUT2D eigenvalue weighted by molar-refractivity contribution is 0.195. The highest BCUT2D eigenvalue weighted by molar-refractivity contribution is 5.30. The maximum atomic E-state index is 5.22. The Hall–Kier alpha value is -1.06. The van der Waals surface area contributed by atoms with Crippen LogP contribution in [0, 0.1) is 0 Å². The van der Waals surface area contributed by atoms with Gasteiger partial charge < -0.3 is 14.8 Å². The number of rotatable bonds is 7. The third-order valence-corrected chi connectivity index (χ3v) is 2.60. The van der Waals surface area contributed by atoms with Gasteiger partial charge in [-0.1, -0.05) is 19.1 Å². The Morgan fingerprint density at radius 2 is 2.12 bits per heavy atom. The van der Waals surface area contributed by atoms with E-state index in [9.17, 15) is 0 Å². The number of ether oxygens (including phenoxy) is 2. The zero-order valence-electron chi connectivity index (χ0n) is 10.3. The lowest BCUT2D eigenvalue weighted by Crippen LogP contribution is -2.24. The van der Waals surface area contributed by atoms with Crippen molar-refractivity contribution in [1.29, 1.82) is 0 Å². The van der Waals surface area contributed by atoms with Gasteiger partial charge in [-0.3, -0.25) is 0 Å². The van der Waals surface area contributed by atoms with Crippen LogP contribution in [0.25, 0.3) is 0 Å². The molecule has 3 heteroatoms. The fourth-order valence-corrected chi connectivity index (χ4v) is 1.69. The first-order chi connectivity index (χ1) is 7.81. The Labute approximate surface area is 97.8 Å². The van der Waals surface area contributed by atoms with Gasteiger partial charge in [-0.25, -0.2) is 0 Å². The van der Waals surface area contributed by atoms with Gasteiger partial charge in [0.2, 0.25) is 0 Å². The summed E-state index contributed by atoms with van der Waals surface area (Å²) < 4.78 is 10.3. The predicted octanol–water partition coefficient (Wildman–Crippen LogP) is 2.38. The molecule has 0 aliphatic rings. The maximum Gasteiger partial charge on any atom is 0.119 e. The minimum Gasteiger partial charge on any atom is -0.497 e. The topological polar surface area (TPSA) is 30.5 Å². The summed E-state index contributed by atoms with van der Waals surface area (Å²) in [7, 11) is 3.41. The van der Waals surface area contributed by atoms with Crippen LogP contribution < -0.4 is 10.1 Å². The molecule has 1 N–H and O–H groups in total. The molecule has 0 spiro atoms. The molecule has 16 heavy (non-hydrogen) atoms.